The van der Waals surface area contributed by atoms with Gasteiger partial charge in [0.15, 0.2) is 0 Å². The minimum absolute atomic E-state index is 0. The fourth-order valence-corrected chi connectivity index (χ4v) is 2.44. The molecule has 0 aromatic heterocycles. The second-order valence-corrected chi connectivity index (χ2v) is 4.55. The summed E-state index contributed by atoms with van der Waals surface area (Å²) < 4.78 is 33.4. The SMILES string of the molecule is N#Cc1ccc2ccccc2c1S(=O)(=O)[O-].[K+]. The molecule has 0 aliphatic heterocycles. The average molecular weight is 271 g/mol. The molecular weight excluding hydrogens is 265 g/mol. The smallest absolute Gasteiger partial charge is 0.744 e. The van der Waals surface area contributed by atoms with Crippen LogP contribution in [0.3, 0.4) is 0 Å². The van der Waals surface area contributed by atoms with E-state index < -0.39 is 15.0 Å². The van der Waals surface area contributed by atoms with Crippen molar-refractivity contribution < 1.29 is 64.4 Å². The first-order valence-electron chi connectivity index (χ1n) is 4.42. The van der Waals surface area contributed by atoms with Crippen LogP contribution in [0.25, 0.3) is 10.8 Å². The van der Waals surface area contributed by atoms with Crippen LogP contribution in [0, 0.1) is 11.3 Å². The van der Waals surface area contributed by atoms with Crippen molar-refractivity contribution in [3.05, 3.63) is 42.0 Å². The van der Waals surface area contributed by atoms with Gasteiger partial charge in [-0.3, -0.25) is 0 Å². The number of rotatable bonds is 1. The molecule has 0 spiro atoms. The maximum atomic E-state index is 11.1. The second kappa shape index (κ2) is 5.58. The summed E-state index contributed by atoms with van der Waals surface area (Å²) >= 11 is 0. The van der Waals surface area contributed by atoms with Gasteiger partial charge in [0, 0.05) is 5.39 Å². The molecule has 17 heavy (non-hydrogen) atoms. The molecule has 2 aromatic carbocycles. The van der Waals surface area contributed by atoms with Gasteiger partial charge in [0.25, 0.3) is 0 Å². The number of fused-ring (bicyclic) bond motifs is 1. The Bertz CT molecular complexity index is 704. The molecule has 0 saturated carbocycles. The third-order valence-electron chi connectivity index (χ3n) is 2.25. The number of hydrogen-bond acceptors (Lipinski definition) is 4. The maximum absolute atomic E-state index is 11.1. The minimum atomic E-state index is -4.64. The normalized spacial score (nSPS) is 10.6. The molecule has 4 nitrogen and oxygen atoms in total. The van der Waals surface area contributed by atoms with Crippen LogP contribution in [0.15, 0.2) is 41.3 Å². The predicted molar refractivity (Wildman–Crippen MR) is 56.6 cm³/mol. The van der Waals surface area contributed by atoms with E-state index in [-0.39, 0.29) is 62.3 Å². The van der Waals surface area contributed by atoms with Crippen molar-refractivity contribution in [3.8, 4) is 6.07 Å². The van der Waals surface area contributed by atoms with Gasteiger partial charge in [-0.05, 0) is 11.5 Å². The number of hydrogen-bond donors (Lipinski definition) is 0. The Balaban J connectivity index is 0.00000144. The van der Waals surface area contributed by atoms with E-state index in [1.807, 2.05) is 0 Å². The Morgan fingerprint density at radius 3 is 2.35 bits per heavy atom. The van der Waals surface area contributed by atoms with Crippen molar-refractivity contribution in [2.75, 3.05) is 0 Å². The summed E-state index contributed by atoms with van der Waals surface area (Å²) in [5.41, 5.74) is -0.117. The number of nitrogens with zero attached hydrogens (tertiary/aromatic N) is 1. The summed E-state index contributed by atoms with van der Waals surface area (Å²) in [6.07, 6.45) is 0. The molecular formula is C11H6KNO3S. The minimum Gasteiger partial charge on any atom is -0.744 e. The van der Waals surface area contributed by atoms with Crippen LogP contribution in [-0.2, 0) is 10.1 Å². The van der Waals surface area contributed by atoms with Crippen LogP contribution >= 0.6 is 0 Å². The van der Waals surface area contributed by atoms with Crippen LogP contribution in [0.2, 0.25) is 0 Å². The van der Waals surface area contributed by atoms with E-state index in [9.17, 15) is 13.0 Å². The van der Waals surface area contributed by atoms with Crippen molar-refractivity contribution in [1.82, 2.24) is 0 Å². The summed E-state index contributed by atoms with van der Waals surface area (Å²) in [4.78, 5) is -0.437. The van der Waals surface area contributed by atoms with Gasteiger partial charge in [-0.25, -0.2) is 8.42 Å². The molecule has 0 heterocycles. The molecule has 0 atom stereocenters. The van der Waals surface area contributed by atoms with Crippen LogP contribution in [-0.4, -0.2) is 13.0 Å². The largest absolute Gasteiger partial charge is 1.00 e. The summed E-state index contributed by atoms with van der Waals surface area (Å²) in [6, 6.07) is 11.2. The molecule has 6 heteroatoms. The molecule has 0 amide bonds. The Kier molecular flexibility index (Phi) is 4.86. The van der Waals surface area contributed by atoms with Crippen molar-refractivity contribution in [2.24, 2.45) is 0 Å². The standard InChI is InChI=1S/C11H7NO3S.K/c12-7-9-6-5-8-3-1-2-4-10(8)11(9)16(13,14)15;/h1-6H,(H,13,14,15);/q;+1/p-1. The van der Waals surface area contributed by atoms with Gasteiger partial charge >= 0.3 is 51.4 Å². The van der Waals surface area contributed by atoms with E-state index in [1.165, 1.54) is 12.1 Å². The van der Waals surface area contributed by atoms with Gasteiger partial charge in [0.1, 0.15) is 16.2 Å². The van der Waals surface area contributed by atoms with Gasteiger partial charge in [0.05, 0.1) is 10.5 Å². The van der Waals surface area contributed by atoms with Crippen LogP contribution in [0.1, 0.15) is 5.56 Å². The number of nitriles is 1. The fraction of sp³-hybridized carbons (Fsp3) is 0. The Morgan fingerprint density at radius 2 is 1.76 bits per heavy atom. The molecule has 0 bridgehead atoms. The maximum Gasteiger partial charge on any atom is 1.00 e. The zero-order valence-electron chi connectivity index (χ0n) is 9.04. The molecule has 0 fully saturated rings. The monoisotopic (exact) mass is 271 g/mol. The fourth-order valence-electron chi connectivity index (χ4n) is 1.60. The van der Waals surface area contributed by atoms with E-state index in [0.29, 0.717) is 5.39 Å². The molecule has 2 aromatic rings. The molecule has 0 aliphatic carbocycles. The van der Waals surface area contributed by atoms with Crippen molar-refractivity contribution in [2.45, 2.75) is 4.90 Å². The summed E-state index contributed by atoms with van der Waals surface area (Å²) in [6.45, 7) is 0. The topological polar surface area (TPSA) is 81.0 Å². The third kappa shape index (κ3) is 2.95. The van der Waals surface area contributed by atoms with Gasteiger partial charge < -0.3 is 4.55 Å². The van der Waals surface area contributed by atoms with Crippen molar-refractivity contribution in [3.63, 3.8) is 0 Å². The third-order valence-corrected chi connectivity index (χ3v) is 3.19. The van der Waals surface area contributed by atoms with E-state index in [2.05, 4.69) is 0 Å². The molecule has 2 rings (SSSR count). The molecule has 80 valence electrons. The summed E-state index contributed by atoms with van der Waals surface area (Å²) in [5.74, 6) is 0. The number of benzene rings is 2. The summed E-state index contributed by atoms with van der Waals surface area (Å²) in [7, 11) is -4.64. The molecule has 0 radical (unpaired) electrons. The van der Waals surface area contributed by atoms with Crippen molar-refractivity contribution >= 4 is 20.9 Å². The molecule has 0 unspecified atom stereocenters. The van der Waals surface area contributed by atoms with Crippen LogP contribution in [0.5, 0.6) is 0 Å². The van der Waals surface area contributed by atoms with Gasteiger partial charge in [-0.2, -0.15) is 5.26 Å². The molecule has 0 N–H and O–H groups in total. The summed E-state index contributed by atoms with van der Waals surface area (Å²) in [5, 5.41) is 9.70. The van der Waals surface area contributed by atoms with E-state index in [1.54, 1.807) is 30.3 Å². The first-order valence-corrected chi connectivity index (χ1v) is 5.82. The Hall–Kier alpha value is -0.264. The Labute approximate surface area is 141 Å². The van der Waals surface area contributed by atoms with E-state index >= 15 is 0 Å². The first-order chi connectivity index (χ1) is 7.54. The average Bonchev–Trinajstić information content (AvgIpc) is 2.26. The zero-order valence-corrected chi connectivity index (χ0v) is 13.0. The predicted octanol–water partition coefficient (Wildman–Crippen LogP) is -1.38. The van der Waals surface area contributed by atoms with Gasteiger partial charge in [0.2, 0.25) is 0 Å². The molecule has 0 saturated heterocycles. The molecule has 0 aliphatic rings. The van der Waals surface area contributed by atoms with Crippen molar-refractivity contribution in [1.29, 1.82) is 5.26 Å². The van der Waals surface area contributed by atoms with Crippen LogP contribution < -0.4 is 51.4 Å². The second-order valence-electron chi connectivity index (χ2n) is 3.23. The first kappa shape index (κ1) is 14.8. The van der Waals surface area contributed by atoms with E-state index in [0.717, 1.165) is 0 Å². The Morgan fingerprint density at radius 1 is 1.12 bits per heavy atom. The van der Waals surface area contributed by atoms with Gasteiger partial charge in [-0.1, -0.05) is 30.3 Å². The van der Waals surface area contributed by atoms with E-state index in [4.69, 9.17) is 5.26 Å². The zero-order chi connectivity index (χ0) is 11.8. The quantitative estimate of drug-likeness (QED) is 0.473. The van der Waals surface area contributed by atoms with Crippen LogP contribution in [0.4, 0.5) is 0 Å². The van der Waals surface area contributed by atoms with Gasteiger partial charge in [-0.15, -0.1) is 0 Å².